The molecular formula is C12H22N2O4. The lowest BCUT2D eigenvalue weighted by Crippen LogP contribution is -2.57. The molecule has 0 bridgehead atoms. The third kappa shape index (κ3) is 3.87. The molecule has 6 heteroatoms. The first-order valence-electron chi connectivity index (χ1n) is 6.03. The second-order valence-electron chi connectivity index (χ2n) is 6.10. The first-order valence-corrected chi connectivity index (χ1v) is 6.03. The molecule has 0 aromatic rings. The lowest BCUT2D eigenvalue weighted by atomic mass is 9.87. The Morgan fingerprint density at radius 3 is 2.39 bits per heavy atom. The first kappa shape index (κ1) is 14.8. The summed E-state index contributed by atoms with van der Waals surface area (Å²) < 4.78 is 5.22. The Hall–Kier alpha value is -1.30. The van der Waals surface area contributed by atoms with Gasteiger partial charge >= 0.3 is 12.0 Å². The van der Waals surface area contributed by atoms with Crippen molar-refractivity contribution in [2.75, 3.05) is 13.2 Å². The Kier molecular flexibility index (Phi) is 4.21. The first-order chi connectivity index (χ1) is 8.14. The fourth-order valence-corrected chi connectivity index (χ4v) is 1.86. The summed E-state index contributed by atoms with van der Waals surface area (Å²) >= 11 is 0. The summed E-state index contributed by atoms with van der Waals surface area (Å²) in [6, 6.07) is -1.39. The van der Waals surface area contributed by atoms with E-state index in [9.17, 15) is 9.59 Å². The molecule has 1 heterocycles. The standard InChI is InChI=1S/C12H22N2O4/c1-11(2,3)8(9(15)16)13-10(17)14-12(4)5-6-18-7-12/h8H,5-7H2,1-4H3,(H,15,16)(H2,13,14,17)/t8-,12?/m1/s1. The summed E-state index contributed by atoms with van der Waals surface area (Å²) in [4.78, 5) is 23.0. The van der Waals surface area contributed by atoms with Gasteiger partial charge in [-0.3, -0.25) is 0 Å². The Bertz CT molecular complexity index is 329. The highest BCUT2D eigenvalue weighted by Gasteiger charge is 2.36. The monoisotopic (exact) mass is 258 g/mol. The number of rotatable bonds is 3. The molecule has 18 heavy (non-hydrogen) atoms. The number of hydrogen-bond acceptors (Lipinski definition) is 3. The van der Waals surface area contributed by atoms with Crippen LogP contribution in [0, 0.1) is 5.41 Å². The fourth-order valence-electron chi connectivity index (χ4n) is 1.86. The molecule has 0 radical (unpaired) electrons. The second kappa shape index (κ2) is 5.14. The highest BCUT2D eigenvalue weighted by Crippen LogP contribution is 2.20. The van der Waals surface area contributed by atoms with Crippen LogP contribution in [0.2, 0.25) is 0 Å². The summed E-state index contributed by atoms with van der Waals surface area (Å²) in [7, 11) is 0. The summed E-state index contributed by atoms with van der Waals surface area (Å²) in [6.45, 7) is 8.25. The van der Waals surface area contributed by atoms with E-state index in [0.29, 0.717) is 13.2 Å². The maximum Gasteiger partial charge on any atom is 0.326 e. The molecule has 2 amide bonds. The number of aliphatic carboxylic acids is 1. The molecular weight excluding hydrogens is 236 g/mol. The van der Waals surface area contributed by atoms with Gasteiger partial charge < -0.3 is 20.5 Å². The van der Waals surface area contributed by atoms with Gasteiger partial charge in [0.05, 0.1) is 12.1 Å². The van der Waals surface area contributed by atoms with Crippen LogP contribution in [-0.4, -0.2) is 41.9 Å². The van der Waals surface area contributed by atoms with E-state index in [1.54, 1.807) is 20.8 Å². The van der Waals surface area contributed by atoms with E-state index >= 15 is 0 Å². The zero-order valence-corrected chi connectivity index (χ0v) is 11.4. The summed E-state index contributed by atoms with van der Waals surface area (Å²) in [5.74, 6) is -1.04. The number of hydrogen-bond donors (Lipinski definition) is 3. The molecule has 1 fully saturated rings. The van der Waals surface area contributed by atoms with Crippen molar-refractivity contribution in [1.29, 1.82) is 0 Å². The molecule has 0 saturated carbocycles. The lowest BCUT2D eigenvalue weighted by Gasteiger charge is -2.30. The molecule has 1 aliphatic heterocycles. The van der Waals surface area contributed by atoms with Crippen LogP contribution in [0.25, 0.3) is 0 Å². The molecule has 1 rings (SSSR count). The summed E-state index contributed by atoms with van der Waals surface area (Å²) in [5, 5.41) is 14.4. The fraction of sp³-hybridized carbons (Fsp3) is 0.833. The number of nitrogens with one attached hydrogen (secondary N) is 2. The Balaban J connectivity index is 2.60. The topological polar surface area (TPSA) is 87.7 Å². The van der Waals surface area contributed by atoms with E-state index in [1.165, 1.54) is 0 Å². The molecule has 104 valence electrons. The molecule has 0 aliphatic carbocycles. The molecule has 1 aliphatic rings. The Morgan fingerprint density at radius 2 is 2.00 bits per heavy atom. The molecule has 6 nitrogen and oxygen atoms in total. The largest absolute Gasteiger partial charge is 0.480 e. The third-order valence-corrected chi connectivity index (χ3v) is 3.02. The Morgan fingerprint density at radius 1 is 1.39 bits per heavy atom. The highest BCUT2D eigenvalue weighted by molar-refractivity contribution is 5.83. The molecule has 1 saturated heterocycles. The summed E-state index contributed by atoms with van der Waals surface area (Å²) in [6.07, 6.45) is 0.730. The van der Waals surface area contributed by atoms with Crippen molar-refractivity contribution in [3.05, 3.63) is 0 Å². The van der Waals surface area contributed by atoms with Gasteiger partial charge in [0, 0.05) is 6.61 Å². The smallest absolute Gasteiger partial charge is 0.326 e. The minimum Gasteiger partial charge on any atom is -0.480 e. The van der Waals surface area contributed by atoms with Crippen LogP contribution in [0.4, 0.5) is 4.79 Å². The van der Waals surface area contributed by atoms with Crippen molar-refractivity contribution >= 4 is 12.0 Å². The maximum atomic E-state index is 11.8. The van der Waals surface area contributed by atoms with E-state index in [0.717, 1.165) is 6.42 Å². The molecule has 0 aromatic carbocycles. The minimum atomic E-state index is -1.04. The SMILES string of the molecule is CC1(NC(=O)N[C@H](C(=O)O)C(C)(C)C)CCOC1. The van der Waals surface area contributed by atoms with Gasteiger partial charge in [0.1, 0.15) is 6.04 Å². The molecule has 3 N–H and O–H groups in total. The van der Waals surface area contributed by atoms with E-state index in [1.807, 2.05) is 6.92 Å². The maximum absolute atomic E-state index is 11.8. The van der Waals surface area contributed by atoms with Crippen molar-refractivity contribution < 1.29 is 19.4 Å². The average molecular weight is 258 g/mol. The van der Waals surface area contributed by atoms with Gasteiger partial charge in [0.15, 0.2) is 0 Å². The van der Waals surface area contributed by atoms with Crippen molar-refractivity contribution in [3.8, 4) is 0 Å². The molecule has 1 unspecified atom stereocenters. The summed E-state index contributed by atoms with van der Waals surface area (Å²) in [5.41, 5.74) is -0.957. The van der Waals surface area contributed by atoms with E-state index in [-0.39, 0.29) is 0 Å². The third-order valence-electron chi connectivity index (χ3n) is 3.02. The minimum absolute atomic E-state index is 0.412. The van der Waals surface area contributed by atoms with Crippen LogP contribution in [-0.2, 0) is 9.53 Å². The van der Waals surface area contributed by atoms with E-state index < -0.39 is 29.0 Å². The van der Waals surface area contributed by atoms with Crippen LogP contribution >= 0.6 is 0 Å². The molecule has 2 atom stereocenters. The van der Waals surface area contributed by atoms with Crippen LogP contribution in [0.3, 0.4) is 0 Å². The molecule has 0 spiro atoms. The number of urea groups is 1. The van der Waals surface area contributed by atoms with Crippen LogP contribution in [0.1, 0.15) is 34.1 Å². The van der Waals surface area contributed by atoms with Gasteiger partial charge in [-0.1, -0.05) is 20.8 Å². The zero-order chi connectivity index (χ0) is 14.0. The van der Waals surface area contributed by atoms with Gasteiger partial charge in [-0.05, 0) is 18.8 Å². The number of carbonyl (C=O) groups is 2. The number of ether oxygens (including phenoxy) is 1. The van der Waals surface area contributed by atoms with Crippen molar-refractivity contribution in [1.82, 2.24) is 10.6 Å². The van der Waals surface area contributed by atoms with Crippen LogP contribution < -0.4 is 10.6 Å². The van der Waals surface area contributed by atoms with Gasteiger partial charge in [-0.2, -0.15) is 0 Å². The zero-order valence-electron chi connectivity index (χ0n) is 11.4. The van der Waals surface area contributed by atoms with Gasteiger partial charge in [-0.25, -0.2) is 9.59 Å². The Labute approximate surface area is 107 Å². The van der Waals surface area contributed by atoms with Crippen molar-refractivity contribution in [2.24, 2.45) is 5.41 Å². The highest BCUT2D eigenvalue weighted by atomic mass is 16.5. The number of carboxylic acid groups (broad SMARTS) is 1. The average Bonchev–Trinajstić information content (AvgIpc) is 2.59. The predicted octanol–water partition coefficient (Wildman–Crippen LogP) is 0.964. The quantitative estimate of drug-likeness (QED) is 0.703. The van der Waals surface area contributed by atoms with Gasteiger partial charge in [0.25, 0.3) is 0 Å². The van der Waals surface area contributed by atoms with Crippen LogP contribution in [0.15, 0.2) is 0 Å². The number of carboxylic acids is 1. The normalized spacial score (nSPS) is 25.6. The number of amides is 2. The second-order valence-corrected chi connectivity index (χ2v) is 6.10. The molecule has 0 aromatic heterocycles. The van der Waals surface area contributed by atoms with Crippen molar-refractivity contribution in [3.63, 3.8) is 0 Å². The van der Waals surface area contributed by atoms with Crippen molar-refractivity contribution in [2.45, 2.75) is 45.7 Å². The number of carbonyl (C=O) groups excluding carboxylic acids is 1. The van der Waals surface area contributed by atoms with Gasteiger partial charge in [-0.15, -0.1) is 0 Å². The van der Waals surface area contributed by atoms with E-state index in [2.05, 4.69) is 10.6 Å². The lowest BCUT2D eigenvalue weighted by molar-refractivity contribution is -0.141. The van der Waals surface area contributed by atoms with Crippen LogP contribution in [0.5, 0.6) is 0 Å². The van der Waals surface area contributed by atoms with E-state index in [4.69, 9.17) is 9.84 Å². The predicted molar refractivity (Wildman–Crippen MR) is 66.4 cm³/mol. The van der Waals surface area contributed by atoms with Gasteiger partial charge in [0.2, 0.25) is 0 Å².